The third kappa shape index (κ3) is 5.20. The molecule has 0 spiro atoms. The lowest BCUT2D eigenvalue weighted by Crippen LogP contribution is -2.47. The van der Waals surface area contributed by atoms with E-state index in [0.717, 1.165) is 18.9 Å². The molecule has 1 heterocycles. The minimum absolute atomic E-state index is 0.0879. The third-order valence-corrected chi connectivity index (χ3v) is 6.86. The Bertz CT molecular complexity index is 1080. The van der Waals surface area contributed by atoms with E-state index in [-0.39, 0.29) is 22.2 Å². The van der Waals surface area contributed by atoms with E-state index in [1.54, 1.807) is 19.1 Å². The number of piperidine rings is 1. The first-order chi connectivity index (χ1) is 14.6. The van der Waals surface area contributed by atoms with Gasteiger partial charge in [0.1, 0.15) is 0 Å². The van der Waals surface area contributed by atoms with Gasteiger partial charge < -0.3 is 9.80 Å². The number of amides is 1. The molecule has 1 fully saturated rings. The molecule has 1 saturated heterocycles. The van der Waals surface area contributed by atoms with Gasteiger partial charge in [-0.1, -0.05) is 6.07 Å². The lowest BCUT2D eigenvalue weighted by atomic mass is 10.0. The molecule has 166 valence electrons. The molecule has 9 nitrogen and oxygen atoms in total. The van der Waals surface area contributed by atoms with Gasteiger partial charge in [0, 0.05) is 42.0 Å². The van der Waals surface area contributed by atoms with Gasteiger partial charge in [-0.15, -0.1) is 0 Å². The van der Waals surface area contributed by atoms with E-state index in [4.69, 9.17) is 0 Å². The quantitative estimate of drug-likeness (QED) is 0.539. The van der Waals surface area contributed by atoms with Gasteiger partial charge in [-0.25, -0.2) is 8.42 Å². The Kier molecular flexibility index (Phi) is 6.61. The number of likely N-dealkylation sites (N-methyl/N-ethyl adjacent to an activating group) is 1. The number of benzene rings is 2. The number of sulfonamides is 1. The number of nitro groups is 1. The summed E-state index contributed by atoms with van der Waals surface area (Å²) in [5, 5.41) is 11.1. The summed E-state index contributed by atoms with van der Waals surface area (Å²) in [6, 6.07) is 10.3. The number of rotatable bonds is 6. The molecule has 1 N–H and O–H groups in total. The number of hydrogen-bond acceptors (Lipinski definition) is 6. The van der Waals surface area contributed by atoms with E-state index in [1.165, 1.54) is 24.3 Å². The van der Waals surface area contributed by atoms with Crippen LogP contribution in [0.4, 0.5) is 11.4 Å². The molecule has 1 atom stereocenters. The molecule has 0 aromatic heterocycles. The first-order valence-electron chi connectivity index (χ1n) is 9.92. The van der Waals surface area contributed by atoms with Crippen molar-refractivity contribution >= 4 is 27.3 Å². The number of carbonyl (C=O) groups is 1. The zero-order valence-corrected chi connectivity index (χ0v) is 18.6. The molecule has 0 radical (unpaired) electrons. The number of nitro benzene ring substituents is 1. The molecule has 31 heavy (non-hydrogen) atoms. The lowest BCUT2D eigenvalue weighted by Gasteiger charge is -2.36. The molecule has 2 aromatic rings. The van der Waals surface area contributed by atoms with Crippen LogP contribution in [0.5, 0.6) is 0 Å². The molecule has 1 unspecified atom stereocenters. The molecule has 0 bridgehead atoms. The Balaban J connectivity index is 1.74. The predicted molar refractivity (Wildman–Crippen MR) is 118 cm³/mol. The number of likely N-dealkylation sites (tertiary alicyclic amines) is 1. The lowest BCUT2D eigenvalue weighted by molar-refractivity contribution is -0.385. The summed E-state index contributed by atoms with van der Waals surface area (Å²) >= 11 is 0. The highest BCUT2D eigenvalue weighted by atomic mass is 32.2. The second-order valence-corrected chi connectivity index (χ2v) is 9.58. The fourth-order valence-corrected chi connectivity index (χ4v) is 4.67. The van der Waals surface area contributed by atoms with Crippen molar-refractivity contribution in [3.63, 3.8) is 0 Å². The molecule has 1 aliphatic rings. The molecule has 2 aromatic carbocycles. The summed E-state index contributed by atoms with van der Waals surface area (Å²) in [6.45, 7) is 2.90. The average molecular weight is 447 g/mol. The smallest absolute Gasteiger partial charge is 0.273 e. The van der Waals surface area contributed by atoms with Crippen LogP contribution < -0.4 is 4.72 Å². The van der Waals surface area contributed by atoms with Crippen LogP contribution in [0.1, 0.15) is 28.8 Å². The van der Waals surface area contributed by atoms with Crippen molar-refractivity contribution in [3.05, 3.63) is 63.7 Å². The molecule has 0 saturated carbocycles. The van der Waals surface area contributed by atoms with Gasteiger partial charge in [-0.2, -0.15) is 0 Å². The van der Waals surface area contributed by atoms with Crippen molar-refractivity contribution in [3.8, 4) is 0 Å². The summed E-state index contributed by atoms with van der Waals surface area (Å²) in [5.74, 6) is -0.0879. The van der Waals surface area contributed by atoms with E-state index in [2.05, 4.69) is 9.62 Å². The molecule has 1 aliphatic heterocycles. The monoisotopic (exact) mass is 446 g/mol. The van der Waals surface area contributed by atoms with E-state index in [9.17, 15) is 23.3 Å². The highest BCUT2D eigenvalue weighted by molar-refractivity contribution is 7.92. The minimum Gasteiger partial charge on any atom is -0.337 e. The average Bonchev–Trinajstić information content (AvgIpc) is 2.73. The fourth-order valence-electron chi connectivity index (χ4n) is 3.59. The summed E-state index contributed by atoms with van der Waals surface area (Å²) in [4.78, 5) is 27.0. The SMILES string of the molecule is Cc1ccc(S(=O)(=O)Nc2ccc(C(=O)N3CCCC(N(C)C)C3)cc2)cc1[N+](=O)[O-]. The van der Waals surface area contributed by atoms with Crippen LogP contribution in [-0.4, -0.2) is 62.3 Å². The van der Waals surface area contributed by atoms with E-state index in [1.807, 2.05) is 19.0 Å². The van der Waals surface area contributed by atoms with Crippen molar-refractivity contribution in [2.24, 2.45) is 0 Å². The predicted octanol–water partition coefficient (Wildman–Crippen LogP) is 2.87. The Morgan fingerprint density at radius 3 is 2.48 bits per heavy atom. The van der Waals surface area contributed by atoms with Crippen LogP contribution in [0, 0.1) is 17.0 Å². The summed E-state index contributed by atoms with van der Waals surface area (Å²) in [7, 11) is -0.00742. The second-order valence-electron chi connectivity index (χ2n) is 7.90. The largest absolute Gasteiger partial charge is 0.337 e. The Morgan fingerprint density at radius 2 is 1.87 bits per heavy atom. The minimum atomic E-state index is -4.01. The maximum Gasteiger partial charge on any atom is 0.273 e. The van der Waals surface area contributed by atoms with Gasteiger partial charge in [-0.3, -0.25) is 19.6 Å². The number of nitrogens with one attached hydrogen (secondary N) is 1. The highest BCUT2D eigenvalue weighted by Crippen LogP contribution is 2.24. The van der Waals surface area contributed by atoms with Crippen molar-refractivity contribution in [1.29, 1.82) is 0 Å². The van der Waals surface area contributed by atoms with E-state index in [0.29, 0.717) is 30.3 Å². The highest BCUT2D eigenvalue weighted by Gasteiger charge is 2.26. The van der Waals surface area contributed by atoms with Crippen LogP contribution in [0.25, 0.3) is 0 Å². The Hall–Kier alpha value is -2.98. The molecular weight excluding hydrogens is 420 g/mol. The molecule has 10 heteroatoms. The third-order valence-electron chi connectivity index (χ3n) is 5.49. The van der Waals surface area contributed by atoms with Crippen molar-refractivity contribution in [1.82, 2.24) is 9.80 Å². The van der Waals surface area contributed by atoms with E-state index >= 15 is 0 Å². The maximum absolute atomic E-state index is 12.8. The zero-order valence-electron chi connectivity index (χ0n) is 17.7. The van der Waals surface area contributed by atoms with Crippen LogP contribution in [0.2, 0.25) is 0 Å². The number of nitrogens with zero attached hydrogens (tertiary/aromatic N) is 3. The number of carbonyl (C=O) groups excluding carboxylic acids is 1. The van der Waals surface area contributed by atoms with E-state index < -0.39 is 14.9 Å². The second kappa shape index (κ2) is 9.03. The Labute approximate surface area is 181 Å². The first kappa shape index (κ1) is 22.7. The van der Waals surface area contributed by atoms with Gasteiger partial charge >= 0.3 is 0 Å². The van der Waals surface area contributed by atoms with Crippen molar-refractivity contribution in [2.45, 2.75) is 30.7 Å². The van der Waals surface area contributed by atoms with Crippen LogP contribution >= 0.6 is 0 Å². The van der Waals surface area contributed by atoms with Crippen LogP contribution in [0.3, 0.4) is 0 Å². The summed E-state index contributed by atoms with van der Waals surface area (Å²) < 4.78 is 27.7. The molecule has 3 rings (SSSR count). The van der Waals surface area contributed by atoms with Crippen molar-refractivity contribution < 1.29 is 18.1 Å². The zero-order chi connectivity index (χ0) is 22.8. The van der Waals surface area contributed by atoms with Gasteiger partial charge in [0.25, 0.3) is 21.6 Å². The standard InChI is InChI=1S/C21H26N4O5S/c1-15-6-11-19(13-20(15)25(27)28)31(29,30)22-17-9-7-16(8-10-17)21(26)24-12-4-5-18(14-24)23(2)3/h6-11,13,18,22H,4-5,12,14H2,1-3H3. The summed E-state index contributed by atoms with van der Waals surface area (Å²) in [5.41, 5.74) is 0.861. The Morgan fingerprint density at radius 1 is 1.19 bits per heavy atom. The summed E-state index contributed by atoms with van der Waals surface area (Å²) in [6.07, 6.45) is 1.99. The van der Waals surface area contributed by atoms with Gasteiger partial charge in [0.05, 0.1) is 9.82 Å². The van der Waals surface area contributed by atoms with Gasteiger partial charge in [-0.05, 0) is 64.2 Å². The number of anilines is 1. The fraction of sp³-hybridized carbons (Fsp3) is 0.381. The topological polar surface area (TPSA) is 113 Å². The number of aryl methyl sites for hydroxylation is 1. The van der Waals surface area contributed by atoms with Gasteiger partial charge in [0.15, 0.2) is 0 Å². The maximum atomic E-state index is 12.8. The first-order valence-corrected chi connectivity index (χ1v) is 11.4. The van der Waals surface area contributed by atoms with Crippen LogP contribution in [-0.2, 0) is 10.0 Å². The van der Waals surface area contributed by atoms with Gasteiger partial charge in [0.2, 0.25) is 0 Å². The molecule has 0 aliphatic carbocycles. The van der Waals surface area contributed by atoms with Crippen molar-refractivity contribution in [2.75, 3.05) is 31.9 Å². The molecule has 1 amide bonds. The normalized spacial score (nSPS) is 16.9. The molecular formula is C21H26N4O5S. The number of hydrogen-bond donors (Lipinski definition) is 1. The van der Waals surface area contributed by atoms with Crippen LogP contribution in [0.15, 0.2) is 47.4 Å².